The molecule has 0 bridgehead atoms. The highest BCUT2D eigenvalue weighted by molar-refractivity contribution is 5.78. The molecule has 0 aliphatic heterocycles. The van der Waals surface area contributed by atoms with Crippen LogP contribution in [0.25, 0.3) is 0 Å². The first-order valence-electron chi connectivity index (χ1n) is 6.00. The van der Waals surface area contributed by atoms with Crippen LogP contribution in [-0.4, -0.2) is 19.7 Å². The summed E-state index contributed by atoms with van der Waals surface area (Å²) < 4.78 is 10.4. The quantitative estimate of drug-likeness (QED) is 0.562. The number of hydrogen-bond acceptors (Lipinski definition) is 3. The summed E-state index contributed by atoms with van der Waals surface area (Å²) in [6, 6.07) is 7.53. The minimum absolute atomic E-state index is 0.192. The number of ether oxygens (including phenoxy) is 2. The molecule has 0 radical (unpaired) electrons. The van der Waals surface area contributed by atoms with Crippen molar-refractivity contribution in [2.75, 3.05) is 13.7 Å². The van der Waals surface area contributed by atoms with Crippen LogP contribution in [0.1, 0.15) is 38.2 Å². The van der Waals surface area contributed by atoms with Crippen molar-refractivity contribution in [3.8, 4) is 5.75 Å². The Labute approximate surface area is 103 Å². The van der Waals surface area contributed by atoms with Crippen LogP contribution in [0.3, 0.4) is 0 Å². The second-order valence-corrected chi connectivity index (χ2v) is 3.98. The van der Waals surface area contributed by atoms with Crippen LogP contribution in [0.2, 0.25) is 0 Å². The number of rotatable bonds is 6. The Morgan fingerprint density at radius 1 is 1.35 bits per heavy atom. The lowest BCUT2D eigenvalue weighted by molar-refractivity contribution is -0.145. The van der Waals surface area contributed by atoms with Crippen LogP contribution in [0.15, 0.2) is 24.3 Å². The molecule has 0 fully saturated rings. The van der Waals surface area contributed by atoms with Gasteiger partial charge >= 0.3 is 5.97 Å². The van der Waals surface area contributed by atoms with E-state index < -0.39 is 0 Å². The predicted octanol–water partition coefficient (Wildman–Crippen LogP) is 3.14. The number of hydrogen-bond donors (Lipinski definition) is 0. The van der Waals surface area contributed by atoms with Crippen molar-refractivity contribution < 1.29 is 14.3 Å². The monoisotopic (exact) mass is 236 g/mol. The standard InChI is InChI=1S/C14H20O3/c1-4-5-10-17-14(15)11(2)12-8-6-7-9-13(12)16-3/h6-9,11H,4-5,10H2,1-3H3. The minimum Gasteiger partial charge on any atom is -0.496 e. The highest BCUT2D eigenvalue weighted by Crippen LogP contribution is 2.26. The molecule has 1 aromatic carbocycles. The molecule has 3 heteroatoms. The number of unbranched alkanes of at least 4 members (excludes halogenated alkanes) is 1. The van der Waals surface area contributed by atoms with E-state index >= 15 is 0 Å². The summed E-state index contributed by atoms with van der Waals surface area (Å²) >= 11 is 0. The molecule has 1 atom stereocenters. The van der Waals surface area contributed by atoms with E-state index in [1.165, 1.54) is 0 Å². The third-order valence-electron chi connectivity index (χ3n) is 2.70. The molecule has 0 spiro atoms. The smallest absolute Gasteiger partial charge is 0.313 e. The number of carbonyl (C=O) groups is 1. The van der Waals surface area contributed by atoms with Crippen molar-refractivity contribution in [3.63, 3.8) is 0 Å². The van der Waals surface area contributed by atoms with Gasteiger partial charge in [0.15, 0.2) is 0 Å². The first kappa shape index (κ1) is 13.6. The van der Waals surface area contributed by atoms with E-state index in [4.69, 9.17) is 9.47 Å². The van der Waals surface area contributed by atoms with Gasteiger partial charge in [-0.3, -0.25) is 4.79 Å². The maximum atomic E-state index is 11.8. The highest BCUT2D eigenvalue weighted by atomic mass is 16.5. The molecule has 0 saturated carbocycles. The van der Waals surface area contributed by atoms with Gasteiger partial charge in [-0.1, -0.05) is 31.5 Å². The van der Waals surface area contributed by atoms with Gasteiger partial charge in [0.2, 0.25) is 0 Å². The highest BCUT2D eigenvalue weighted by Gasteiger charge is 2.19. The summed E-state index contributed by atoms with van der Waals surface area (Å²) in [4.78, 5) is 11.8. The number of benzene rings is 1. The lowest BCUT2D eigenvalue weighted by atomic mass is 10.0. The maximum absolute atomic E-state index is 11.8. The number of para-hydroxylation sites is 1. The summed E-state index contributed by atoms with van der Waals surface area (Å²) in [5.74, 6) is 0.249. The van der Waals surface area contributed by atoms with Crippen molar-refractivity contribution in [3.05, 3.63) is 29.8 Å². The minimum atomic E-state index is -0.289. The van der Waals surface area contributed by atoms with E-state index in [0.29, 0.717) is 6.61 Å². The molecule has 94 valence electrons. The van der Waals surface area contributed by atoms with Crippen molar-refractivity contribution in [2.24, 2.45) is 0 Å². The first-order valence-corrected chi connectivity index (χ1v) is 6.00. The third-order valence-corrected chi connectivity index (χ3v) is 2.70. The Kier molecular flexibility index (Phi) is 5.53. The van der Waals surface area contributed by atoms with Crippen LogP contribution in [0.5, 0.6) is 5.75 Å². The number of esters is 1. The van der Waals surface area contributed by atoms with E-state index in [9.17, 15) is 4.79 Å². The molecule has 1 rings (SSSR count). The molecule has 3 nitrogen and oxygen atoms in total. The van der Waals surface area contributed by atoms with Crippen molar-refractivity contribution in [2.45, 2.75) is 32.6 Å². The summed E-state index contributed by atoms with van der Waals surface area (Å²) in [5.41, 5.74) is 0.872. The van der Waals surface area contributed by atoms with Crippen LogP contribution in [0.4, 0.5) is 0 Å². The second-order valence-electron chi connectivity index (χ2n) is 3.98. The number of methoxy groups -OCH3 is 1. The zero-order valence-electron chi connectivity index (χ0n) is 10.7. The summed E-state index contributed by atoms with van der Waals surface area (Å²) in [6.45, 7) is 4.40. The van der Waals surface area contributed by atoms with Crippen LogP contribution >= 0.6 is 0 Å². The Hall–Kier alpha value is -1.51. The molecule has 17 heavy (non-hydrogen) atoms. The molecule has 0 N–H and O–H groups in total. The normalized spacial score (nSPS) is 11.9. The molecule has 1 unspecified atom stereocenters. The van der Waals surface area contributed by atoms with Crippen molar-refractivity contribution in [1.82, 2.24) is 0 Å². The molecule has 0 aromatic heterocycles. The molecule has 0 amide bonds. The second kappa shape index (κ2) is 6.94. The average molecular weight is 236 g/mol. The number of carbonyl (C=O) groups excluding carboxylic acids is 1. The summed E-state index contributed by atoms with van der Waals surface area (Å²) in [7, 11) is 1.61. The predicted molar refractivity (Wildman–Crippen MR) is 67.3 cm³/mol. The van der Waals surface area contributed by atoms with Gasteiger partial charge in [0, 0.05) is 5.56 Å². The van der Waals surface area contributed by atoms with Gasteiger partial charge in [0.25, 0.3) is 0 Å². The fourth-order valence-electron chi connectivity index (χ4n) is 1.59. The molecule has 0 aliphatic carbocycles. The van der Waals surface area contributed by atoms with E-state index in [1.807, 2.05) is 31.2 Å². The average Bonchev–Trinajstić information content (AvgIpc) is 2.38. The third kappa shape index (κ3) is 3.77. The van der Waals surface area contributed by atoms with Gasteiger partial charge in [-0.15, -0.1) is 0 Å². The van der Waals surface area contributed by atoms with Crippen LogP contribution < -0.4 is 4.74 Å². The van der Waals surface area contributed by atoms with Gasteiger partial charge in [-0.2, -0.15) is 0 Å². The Bertz CT molecular complexity index is 360. The molecular formula is C14H20O3. The lowest BCUT2D eigenvalue weighted by Gasteiger charge is -2.14. The fraction of sp³-hybridized carbons (Fsp3) is 0.500. The van der Waals surface area contributed by atoms with E-state index in [2.05, 4.69) is 6.92 Å². The SMILES string of the molecule is CCCCOC(=O)C(C)c1ccccc1OC. The fourth-order valence-corrected chi connectivity index (χ4v) is 1.59. The van der Waals surface area contributed by atoms with Gasteiger partial charge < -0.3 is 9.47 Å². The summed E-state index contributed by atoms with van der Waals surface area (Å²) in [6.07, 6.45) is 1.93. The largest absolute Gasteiger partial charge is 0.496 e. The maximum Gasteiger partial charge on any atom is 0.313 e. The van der Waals surface area contributed by atoms with Crippen LogP contribution in [0, 0.1) is 0 Å². The zero-order chi connectivity index (χ0) is 12.7. The zero-order valence-corrected chi connectivity index (χ0v) is 10.7. The molecule has 0 saturated heterocycles. The van der Waals surface area contributed by atoms with Gasteiger partial charge in [0.05, 0.1) is 19.6 Å². The van der Waals surface area contributed by atoms with E-state index in [1.54, 1.807) is 7.11 Å². The lowest BCUT2D eigenvalue weighted by Crippen LogP contribution is -2.14. The summed E-state index contributed by atoms with van der Waals surface area (Å²) in [5, 5.41) is 0. The molecular weight excluding hydrogens is 216 g/mol. The topological polar surface area (TPSA) is 35.5 Å². The molecule has 0 heterocycles. The van der Waals surface area contributed by atoms with E-state index in [-0.39, 0.29) is 11.9 Å². The van der Waals surface area contributed by atoms with Gasteiger partial charge in [0.1, 0.15) is 5.75 Å². The molecule has 0 aliphatic rings. The van der Waals surface area contributed by atoms with Crippen molar-refractivity contribution >= 4 is 5.97 Å². The van der Waals surface area contributed by atoms with Crippen LogP contribution in [-0.2, 0) is 9.53 Å². The Morgan fingerprint density at radius 3 is 2.71 bits per heavy atom. The first-order chi connectivity index (χ1) is 8.20. The van der Waals surface area contributed by atoms with Gasteiger partial charge in [-0.05, 0) is 19.4 Å². The van der Waals surface area contributed by atoms with Crippen molar-refractivity contribution in [1.29, 1.82) is 0 Å². The van der Waals surface area contributed by atoms with E-state index in [0.717, 1.165) is 24.2 Å². The Morgan fingerprint density at radius 2 is 2.06 bits per heavy atom. The Balaban J connectivity index is 2.67. The molecule has 1 aromatic rings. The van der Waals surface area contributed by atoms with Gasteiger partial charge in [-0.25, -0.2) is 0 Å².